The first-order chi connectivity index (χ1) is 19.4. The maximum atomic E-state index is 13.4. The van der Waals surface area contributed by atoms with E-state index in [0.29, 0.717) is 17.9 Å². The van der Waals surface area contributed by atoms with E-state index in [-0.39, 0.29) is 23.5 Å². The molecule has 3 N–H and O–H groups in total. The maximum Gasteiger partial charge on any atom is 0.306 e. The number of hydrogen-bond donors (Lipinski definition) is 3. The van der Waals surface area contributed by atoms with Crippen molar-refractivity contribution in [3.8, 4) is 11.1 Å². The van der Waals surface area contributed by atoms with Crippen LogP contribution in [0.15, 0.2) is 71.9 Å². The lowest BCUT2D eigenvalue weighted by molar-refractivity contribution is -0.141. The minimum absolute atomic E-state index is 0.0138. The second-order valence-electron chi connectivity index (χ2n) is 12.0. The van der Waals surface area contributed by atoms with Crippen LogP contribution in [0, 0.1) is 11.8 Å². The normalized spacial score (nSPS) is 15.6. The predicted molar refractivity (Wildman–Crippen MR) is 160 cm³/mol. The number of hydrogen-bond acceptors (Lipinski definition) is 6. The van der Waals surface area contributed by atoms with Crippen molar-refractivity contribution in [2.45, 2.75) is 63.0 Å². The summed E-state index contributed by atoms with van der Waals surface area (Å²) in [4.78, 5) is 15.6. The van der Waals surface area contributed by atoms with Gasteiger partial charge in [0.15, 0.2) is 0 Å². The second kappa shape index (κ2) is 12.8. The highest BCUT2D eigenvalue weighted by atomic mass is 32.2. The van der Waals surface area contributed by atoms with Crippen molar-refractivity contribution in [1.29, 1.82) is 0 Å². The predicted octanol–water partition coefficient (Wildman–Crippen LogP) is 4.17. The number of nitrogens with one attached hydrogen (secondary N) is 1. The van der Waals surface area contributed by atoms with Crippen LogP contribution in [0.1, 0.15) is 43.9 Å². The second-order valence-corrected chi connectivity index (χ2v) is 14.0. The summed E-state index contributed by atoms with van der Waals surface area (Å²) in [5.74, 6) is -0.944. The number of likely N-dealkylation sites (N-methyl/N-ethyl adjacent to an activating group) is 1. The number of β-amino-alcohol motifs (C(OH)–C–C–N with tert-alkyl or cyclic N) is 1. The third kappa shape index (κ3) is 7.80. The van der Waals surface area contributed by atoms with Gasteiger partial charge in [-0.15, -0.1) is 0 Å². The van der Waals surface area contributed by atoms with Crippen molar-refractivity contribution >= 4 is 16.0 Å². The molecule has 0 amide bonds. The Hall–Kier alpha value is -3.11. The lowest BCUT2D eigenvalue weighted by atomic mass is 9.88. The average Bonchev–Trinajstić information content (AvgIpc) is 3.34. The van der Waals surface area contributed by atoms with E-state index in [0.717, 1.165) is 34.7 Å². The van der Waals surface area contributed by atoms with Crippen LogP contribution in [0.2, 0.25) is 0 Å². The molecule has 3 aromatic rings. The van der Waals surface area contributed by atoms with Crippen LogP contribution in [0.5, 0.6) is 0 Å². The minimum Gasteiger partial charge on any atom is -0.481 e. The largest absolute Gasteiger partial charge is 0.481 e. The smallest absolute Gasteiger partial charge is 0.306 e. The minimum atomic E-state index is -3.93. The van der Waals surface area contributed by atoms with Gasteiger partial charge in [0.1, 0.15) is 4.90 Å². The van der Waals surface area contributed by atoms with Crippen LogP contribution < -0.4 is 5.32 Å². The lowest BCUT2D eigenvalue weighted by Crippen LogP contribution is -2.47. The Kier molecular flexibility index (Phi) is 9.64. The molecule has 220 valence electrons. The summed E-state index contributed by atoms with van der Waals surface area (Å²) in [7, 11) is -2.48. The molecule has 1 aliphatic carbocycles. The number of fused-ring (bicyclic) bond motifs is 1. The number of pyridine rings is 1. The van der Waals surface area contributed by atoms with E-state index in [1.165, 1.54) is 24.4 Å². The molecule has 2 aromatic carbocycles. The van der Waals surface area contributed by atoms with Gasteiger partial charge < -0.3 is 15.5 Å². The van der Waals surface area contributed by atoms with Gasteiger partial charge in [0.05, 0.1) is 12.0 Å². The third-order valence-electron chi connectivity index (χ3n) is 7.92. The summed E-state index contributed by atoms with van der Waals surface area (Å²) in [6, 6.07) is 17.4. The topological polar surface area (TPSA) is 120 Å². The fraction of sp³-hybridized carbons (Fsp3) is 0.438. The zero-order valence-corrected chi connectivity index (χ0v) is 25.1. The molecule has 41 heavy (non-hydrogen) atoms. The molecule has 0 saturated carbocycles. The van der Waals surface area contributed by atoms with Crippen LogP contribution in [-0.2, 0) is 34.1 Å². The van der Waals surface area contributed by atoms with Gasteiger partial charge in [-0.1, -0.05) is 55.5 Å². The van der Waals surface area contributed by atoms with E-state index in [2.05, 4.69) is 48.4 Å². The molecule has 0 fully saturated rings. The van der Waals surface area contributed by atoms with Crippen LogP contribution in [0.25, 0.3) is 11.1 Å². The number of carboxylic acid groups (broad SMARTS) is 1. The number of aliphatic hydroxyl groups is 1. The van der Waals surface area contributed by atoms with Crippen molar-refractivity contribution in [1.82, 2.24) is 14.6 Å². The van der Waals surface area contributed by atoms with E-state index in [4.69, 9.17) is 0 Å². The fourth-order valence-electron chi connectivity index (χ4n) is 5.73. The number of benzene rings is 2. The van der Waals surface area contributed by atoms with Crippen LogP contribution in [0.4, 0.5) is 0 Å². The summed E-state index contributed by atoms with van der Waals surface area (Å²) in [5.41, 5.74) is 4.75. The van der Waals surface area contributed by atoms with Gasteiger partial charge in [0, 0.05) is 43.6 Å². The molecule has 2 atom stereocenters. The van der Waals surface area contributed by atoms with Crippen molar-refractivity contribution < 1.29 is 23.4 Å². The maximum absolute atomic E-state index is 13.4. The molecule has 1 aromatic heterocycles. The Bertz CT molecular complexity index is 1450. The Morgan fingerprint density at radius 2 is 1.73 bits per heavy atom. The van der Waals surface area contributed by atoms with Crippen molar-refractivity contribution in [2.75, 3.05) is 20.1 Å². The number of carboxylic acids is 1. The molecule has 0 bridgehead atoms. The fourth-order valence-corrected chi connectivity index (χ4v) is 6.92. The van der Waals surface area contributed by atoms with Crippen molar-refractivity contribution in [3.05, 3.63) is 83.7 Å². The number of aliphatic carboxylic acids is 1. The molecule has 1 heterocycles. The zero-order valence-electron chi connectivity index (χ0n) is 24.2. The average molecular weight is 580 g/mol. The lowest BCUT2D eigenvalue weighted by Gasteiger charge is -2.31. The first-order valence-corrected chi connectivity index (χ1v) is 15.5. The Morgan fingerprint density at radius 3 is 2.39 bits per heavy atom. The number of aliphatic hydroxyl groups excluding tert-OH is 1. The van der Waals surface area contributed by atoms with Gasteiger partial charge in [-0.2, -0.15) is 4.31 Å². The first kappa shape index (κ1) is 30.8. The molecule has 1 aliphatic rings. The van der Waals surface area contributed by atoms with E-state index in [1.807, 2.05) is 24.3 Å². The molecule has 9 heteroatoms. The highest BCUT2D eigenvalue weighted by molar-refractivity contribution is 7.89. The van der Waals surface area contributed by atoms with Gasteiger partial charge in [0.25, 0.3) is 0 Å². The first-order valence-electron chi connectivity index (χ1n) is 14.1. The highest BCUT2D eigenvalue weighted by Crippen LogP contribution is 2.32. The van der Waals surface area contributed by atoms with E-state index < -0.39 is 28.0 Å². The van der Waals surface area contributed by atoms with E-state index >= 15 is 0 Å². The monoisotopic (exact) mass is 579 g/mol. The molecular weight excluding hydrogens is 538 g/mol. The number of rotatable bonds is 13. The van der Waals surface area contributed by atoms with Crippen LogP contribution in [-0.4, -0.2) is 65.7 Å². The van der Waals surface area contributed by atoms with E-state index in [9.17, 15) is 23.4 Å². The Morgan fingerprint density at radius 1 is 1.10 bits per heavy atom. The molecule has 8 nitrogen and oxygen atoms in total. The van der Waals surface area contributed by atoms with Gasteiger partial charge in [-0.05, 0) is 73.8 Å². The SMILES string of the molecule is CC(Cc1ccccc1-c1cncc(S(=O)(=O)N(C)CC(O)CNC(C)(C)CC2Cc3ccccc3C2)c1)C(=O)O. The van der Waals surface area contributed by atoms with Crippen molar-refractivity contribution in [3.63, 3.8) is 0 Å². The molecule has 2 unspecified atom stereocenters. The van der Waals surface area contributed by atoms with Gasteiger partial charge in [-0.3, -0.25) is 9.78 Å². The number of aromatic nitrogens is 1. The Balaban J connectivity index is 1.37. The van der Waals surface area contributed by atoms with Gasteiger partial charge in [0.2, 0.25) is 10.0 Å². The third-order valence-corrected chi connectivity index (χ3v) is 9.70. The summed E-state index contributed by atoms with van der Waals surface area (Å²) in [5, 5.41) is 23.6. The molecular formula is C32H41N3O5S. The Labute approximate surface area is 243 Å². The zero-order chi connectivity index (χ0) is 29.8. The summed E-state index contributed by atoms with van der Waals surface area (Å²) >= 11 is 0. The summed E-state index contributed by atoms with van der Waals surface area (Å²) in [6.45, 7) is 6.07. The van der Waals surface area contributed by atoms with Crippen molar-refractivity contribution in [2.24, 2.45) is 11.8 Å². The highest BCUT2D eigenvalue weighted by Gasteiger charge is 2.29. The number of sulfonamides is 1. The molecule has 0 saturated heterocycles. The number of carbonyl (C=O) groups is 1. The quantitative estimate of drug-likeness (QED) is 0.278. The molecule has 0 radical (unpaired) electrons. The molecule has 0 aliphatic heterocycles. The molecule has 4 rings (SSSR count). The summed E-state index contributed by atoms with van der Waals surface area (Å²) < 4.78 is 28.0. The van der Waals surface area contributed by atoms with Gasteiger partial charge in [-0.25, -0.2) is 8.42 Å². The van der Waals surface area contributed by atoms with Crippen LogP contribution in [0.3, 0.4) is 0 Å². The van der Waals surface area contributed by atoms with Crippen LogP contribution >= 0.6 is 0 Å². The molecule has 0 spiro atoms. The van der Waals surface area contributed by atoms with E-state index in [1.54, 1.807) is 19.2 Å². The standard InChI is InChI=1S/C32H41N3O5S/c1-22(31(37)38)13-26-11-7-8-12-30(26)27-16-29(20-33-18-27)41(39,40)35(4)21-28(36)19-34-32(2,3)17-23-14-24-9-5-6-10-25(24)15-23/h5-12,16,18,20,22-23,28,34,36H,13-15,17,19,21H2,1-4H3,(H,37,38). The summed E-state index contributed by atoms with van der Waals surface area (Å²) in [6.07, 6.45) is 5.35. The van der Waals surface area contributed by atoms with Gasteiger partial charge >= 0.3 is 5.97 Å². The number of nitrogens with zero attached hydrogens (tertiary/aromatic N) is 2.